The number of nitrogens with zero attached hydrogens (tertiary/aromatic N) is 3. The van der Waals surface area contributed by atoms with E-state index < -0.39 is 10.0 Å². The van der Waals surface area contributed by atoms with Gasteiger partial charge in [-0.05, 0) is 38.0 Å². The molecule has 0 saturated heterocycles. The van der Waals surface area contributed by atoms with Crippen molar-refractivity contribution in [3.63, 3.8) is 0 Å². The van der Waals surface area contributed by atoms with Gasteiger partial charge in [-0.25, -0.2) is 8.42 Å². The first-order valence-electron chi connectivity index (χ1n) is 6.71. The fraction of sp³-hybridized carbons (Fsp3) is 0.538. The van der Waals surface area contributed by atoms with Gasteiger partial charge in [-0.2, -0.15) is 4.31 Å². The fourth-order valence-electron chi connectivity index (χ4n) is 1.91. The number of sulfonamides is 1. The molecule has 0 saturated carbocycles. The summed E-state index contributed by atoms with van der Waals surface area (Å²) in [4.78, 5) is 3.90. The van der Waals surface area contributed by atoms with Gasteiger partial charge in [-0.15, -0.1) is 0 Å². The number of nitrogens with two attached hydrogens (primary N) is 1. The third-order valence-electron chi connectivity index (χ3n) is 3.05. The molecule has 0 aliphatic rings. The zero-order valence-corrected chi connectivity index (χ0v) is 13.1. The zero-order chi connectivity index (χ0) is 15.9. The molecule has 1 heterocycles. The highest BCUT2D eigenvalue weighted by molar-refractivity contribution is 7.89. The summed E-state index contributed by atoms with van der Waals surface area (Å²) in [6, 6.07) is 3.41. The van der Waals surface area contributed by atoms with E-state index in [-0.39, 0.29) is 30.6 Å². The van der Waals surface area contributed by atoms with Crippen molar-refractivity contribution in [2.45, 2.75) is 32.7 Å². The molecule has 0 spiro atoms. The summed E-state index contributed by atoms with van der Waals surface area (Å²) >= 11 is 0. The molecule has 1 aromatic heterocycles. The number of oxime groups is 1. The van der Waals surface area contributed by atoms with Crippen LogP contribution in [-0.4, -0.2) is 47.1 Å². The maximum atomic E-state index is 12.4. The van der Waals surface area contributed by atoms with Crippen LogP contribution < -0.4 is 5.73 Å². The van der Waals surface area contributed by atoms with Gasteiger partial charge >= 0.3 is 0 Å². The van der Waals surface area contributed by atoms with Gasteiger partial charge in [0.05, 0.1) is 5.75 Å². The summed E-state index contributed by atoms with van der Waals surface area (Å²) in [5.74, 6) is 0.0377. The third kappa shape index (κ3) is 5.68. The van der Waals surface area contributed by atoms with E-state index in [2.05, 4.69) is 10.1 Å². The van der Waals surface area contributed by atoms with E-state index in [0.717, 1.165) is 5.56 Å². The highest BCUT2D eigenvalue weighted by Gasteiger charge is 2.24. The largest absolute Gasteiger partial charge is 0.409 e. The van der Waals surface area contributed by atoms with Gasteiger partial charge in [-0.1, -0.05) is 5.16 Å². The van der Waals surface area contributed by atoms with Crippen LogP contribution in [0, 0.1) is 0 Å². The molecule has 0 atom stereocenters. The Labute approximate surface area is 125 Å². The second-order valence-corrected chi connectivity index (χ2v) is 7.01. The Morgan fingerprint density at radius 2 is 2.05 bits per heavy atom. The first kappa shape index (κ1) is 17.4. The lowest BCUT2D eigenvalue weighted by Crippen LogP contribution is -2.40. The summed E-state index contributed by atoms with van der Waals surface area (Å²) in [5, 5.41) is 11.4. The molecule has 21 heavy (non-hydrogen) atoms. The fourth-order valence-corrected chi connectivity index (χ4v) is 3.65. The lowest BCUT2D eigenvalue weighted by Gasteiger charge is -2.25. The van der Waals surface area contributed by atoms with E-state index in [1.807, 2.05) is 0 Å². The van der Waals surface area contributed by atoms with Crippen LogP contribution >= 0.6 is 0 Å². The minimum Gasteiger partial charge on any atom is -0.409 e. The molecule has 8 heteroatoms. The van der Waals surface area contributed by atoms with Gasteiger partial charge in [0.25, 0.3) is 0 Å². The summed E-state index contributed by atoms with van der Waals surface area (Å²) < 4.78 is 26.2. The van der Waals surface area contributed by atoms with Crippen LogP contribution in [0.25, 0.3) is 0 Å². The minimum atomic E-state index is -3.40. The van der Waals surface area contributed by atoms with E-state index in [0.29, 0.717) is 6.42 Å². The first-order valence-corrected chi connectivity index (χ1v) is 8.32. The molecule has 0 aliphatic carbocycles. The molecule has 1 aromatic rings. The zero-order valence-electron chi connectivity index (χ0n) is 12.3. The third-order valence-corrected chi connectivity index (χ3v) is 5.09. The Balaban J connectivity index is 2.71. The Morgan fingerprint density at radius 3 is 2.57 bits per heavy atom. The van der Waals surface area contributed by atoms with Crippen molar-refractivity contribution in [3.05, 3.63) is 30.1 Å². The molecule has 3 N–H and O–H groups in total. The number of pyridine rings is 1. The lowest BCUT2D eigenvalue weighted by molar-refractivity contribution is 0.313. The maximum absolute atomic E-state index is 12.4. The number of amidine groups is 1. The van der Waals surface area contributed by atoms with Gasteiger partial charge in [0, 0.05) is 31.4 Å². The summed E-state index contributed by atoms with van der Waals surface area (Å²) in [7, 11) is -3.40. The second kappa shape index (κ2) is 7.94. The molecule has 0 radical (unpaired) electrons. The molecule has 0 bridgehead atoms. The van der Waals surface area contributed by atoms with Crippen molar-refractivity contribution in [2.24, 2.45) is 10.9 Å². The summed E-state index contributed by atoms with van der Waals surface area (Å²) in [6.07, 6.45) is 3.90. The highest BCUT2D eigenvalue weighted by Crippen LogP contribution is 2.11. The average Bonchev–Trinajstić information content (AvgIpc) is 2.45. The Morgan fingerprint density at radius 1 is 1.43 bits per heavy atom. The molecule has 0 aromatic carbocycles. The van der Waals surface area contributed by atoms with Crippen molar-refractivity contribution in [3.8, 4) is 0 Å². The molecule has 0 unspecified atom stereocenters. The smallest absolute Gasteiger partial charge is 0.214 e. The minimum absolute atomic E-state index is 0.0185. The van der Waals surface area contributed by atoms with Gasteiger partial charge in [0.1, 0.15) is 5.84 Å². The number of hydrogen-bond donors (Lipinski definition) is 2. The molecule has 0 aliphatic heterocycles. The van der Waals surface area contributed by atoms with E-state index in [1.54, 1.807) is 38.4 Å². The van der Waals surface area contributed by atoms with Crippen molar-refractivity contribution < 1.29 is 13.6 Å². The van der Waals surface area contributed by atoms with Crippen molar-refractivity contribution in [2.75, 3.05) is 12.3 Å². The normalized spacial score (nSPS) is 13.0. The summed E-state index contributed by atoms with van der Waals surface area (Å²) in [6.45, 7) is 3.80. The van der Waals surface area contributed by atoms with Crippen molar-refractivity contribution in [1.82, 2.24) is 9.29 Å². The lowest BCUT2D eigenvalue weighted by atomic mass is 10.2. The van der Waals surface area contributed by atoms with Gasteiger partial charge < -0.3 is 10.9 Å². The monoisotopic (exact) mass is 314 g/mol. The van der Waals surface area contributed by atoms with Crippen LogP contribution in [0.4, 0.5) is 0 Å². The number of aromatic nitrogens is 1. The molecular weight excluding hydrogens is 292 g/mol. The van der Waals surface area contributed by atoms with Gasteiger partial charge in [-0.3, -0.25) is 4.98 Å². The SMILES string of the molecule is CC(C)N(CCC(N)=NO)S(=O)(=O)CCc1ccncc1. The van der Waals surface area contributed by atoms with Crippen LogP contribution in [0.1, 0.15) is 25.8 Å². The molecule has 0 fully saturated rings. The number of rotatable bonds is 8. The van der Waals surface area contributed by atoms with Crippen LogP contribution in [0.15, 0.2) is 29.7 Å². The standard InChI is InChI=1S/C13H22N4O3S/c1-11(2)17(9-5-13(14)16-18)21(19,20)10-6-12-3-7-15-8-4-12/h3-4,7-8,11,18H,5-6,9-10H2,1-2H3,(H2,14,16). The molecule has 0 amide bonds. The molecule has 1 rings (SSSR count). The number of aryl methyl sites for hydroxylation is 1. The maximum Gasteiger partial charge on any atom is 0.214 e. The summed E-state index contributed by atoms with van der Waals surface area (Å²) in [5.41, 5.74) is 6.33. The predicted octanol–water partition coefficient (Wildman–Crippen LogP) is 0.801. The Bertz CT molecular complexity index is 558. The Hall–Kier alpha value is -1.67. The van der Waals surface area contributed by atoms with Crippen LogP contribution in [0.2, 0.25) is 0 Å². The van der Waals surface area contributed by atoms with Crippen LogP contribution in [0.5, 0.6) is 0 Å². The number of hydrogen-bond acceptors (Lipinski definition) is 5. The Kier molecular flexibility index (Phi) is 6.57. The first-order chi connectivity index (χ1) is 9.86. The van der Waals surface area contributed by atoms with E-state index in [4.69, 9.17) is 10.9 Å². The molecule has 7 nitrogen and oxygen atoms in total. The molecular formula is C13H22N4O3S. The second-order valence-electron chi connectivity index (χ2n) is 4.97. The van der Waals surface area contributed by atoms with Crippen LogP contribution in [-0.2, 0) is 16.4 Å². The topological polar surface area (TPSA) is 109 Å². The van der Waals surface area contributed by atoms with Crippen LogP contribution in [0.3, 0.4) is 0 Å². The average molecular weight is 314 g/mol. The predicted molar refractivity (Wildman–Crippen MR) is 81.6 cm³/mol. The highest BCUT2D eigenvalue weighted by atomic mass is 32.2. The quantitative estimate of drug-likeness (QED) is 0.319. The molecule has 118 valence electrons. The van der Waals surface area contributed by atoms with Crippen molar-refractivity contribution >= 4 is 15.9 Å². The van der Waals surface area contributed by atoms with E-state index in [9.17, 15) is 8.42 Å². The van der Waals surface area contributed by atoms with Crippen molar-refractivity contribution in [1.29, 1.82) is 0 Å². The van der Waals surface area contributed by atoms with Gasteiger partial charge in [0.15, 0.2) is 0 Å². The van der Waals surface area contributed by atoms with E-state index >= 15 is 0 Å². The van der Waals surface area contributed by atoms with E-state index in [1.165, 1.54) is 4.31 Å². The van der Waals surface area contributed by atoms with Gasteiger partial charge in [0.2, 0.25) is 10.0 Å².